The fraction of sp³-hybridized carbons (Fsp3) is 0.415. The van der Waals surface area contributed by atoms with E-state index in [1.165, 1.54) is 21.2 Å². The fourth-order valence-electron chi connectivity index (χ4n) is 8.04. The lowest BCUT2D eigenvalue weighted by molar-refractivity contribution is -0.116. The number of rotatable bonds is 14. The molecule has 32 nitrogen and oxygen atoms in total. The van der Waals surface area contributed by atoms with E-state index in [2.05, 4.69) is 125 Å². The summed E-state index contributed by atoms with van der Waals surface area (Å²) in [5, 5.41) is 39.2. The number of carbonyl (C=O) groups is 5. The molecular weight excluding hydrogens is 1430 g/mol. The van der Waals surface area contributed by atoms with Gasteiger partial charge in [-0.05, 0) is 134 Å². The number of aromatic amines is 2. The van der Waals surface area contributed by atoms with Crippen molar-refractivity contribution in [1.82, 2.24) is 83.2 Å². The summed E-state index contributed by atoms with van der Waals surface area (Å²) in [4.78, 5) is 86.1. The van der Waals surface area contributed by atoms with Gasteiger partial charge in [0.15, 0.2) is 33.9 Å². The van der Waals surface area contributed by atoms with Crippen LogP contribution in [0.3, 0.4) is 0 Å². The van der Waals surface area contributed by atoms with E-state index in [0.29, 0.717) is 46.4 Å². The minimum atomic E-state index is -3.22. The van der Waals surface area contributed by atoms with Gasteiger partial charge in [0.1, 0.15) is 44.9 Å². The third-order valence-electron chi connectivity index (χ3n) is 12.4. The molecular formula is C65H93Cl4N20O12P. The maximum Gasteiger partial charge on any atom is 0.358 e. The summed E-state index contributed by atoms with van der Waals surface area (Å²) in [7, 11) is 3.69. The minimum absolute atomic E-state index is 0. The number of nitrogens with one attached hydrogen (secondary N) is 4. The molecule has 0 aliphatic heterocycles. The molecule has 37 heteroatoms. The van der Waals surface area contributed by atoms with E-state index in [1.807, 2.05) is 90.9 Å². The minimum Gasteiger partial charge on any atom is -0.461 e. The van der Waals surface area contributed by atoms with Crippen molar-refractivity contribution in [2.45, 2.75) is 145 Å². The highest BCUT2D eigenvalue weighted by molar-refractivity contribution is 8.24. The van der Waals surface area contributed by atoms with Gasteiger partial charge < -0.3 is 50.2 Å². The number of esters is 4. The summed E-state index contributed by atoms with van der Waals surface area (Å²) in [5.74, 6) is 0.375. The molecule has 0 unspecified atom stereocenters. The molecule has 0 aliphatic rings. The lowest BCUT2D eigenvalue weighted by atomic mass is 10.3. The van der Waals surface area contributed by atoms with Gasteiger partial charge in [-0.15, -0.1) is 0 Å². The number of nitrogens with zero attached hydrogens (tertiary/aromatic N) is 15. The van der Waals surface area contributed by atoms with Crippen LogP contribution in [0.4, 0.5) is 17.5 Å². The van der Waals surface area contributed by atoms with E-state index < -0.39 is 29.1 Å². The zero-order valence-corrected chi connectivity index (χ0v) is 62.6. The van der Waals surface area contributed by atoms with Crippen molar-refractivity contribution in [2.75, 3.05) is 56.9 Å². The number of hydrogen-bond acceptors (Lipinski definition) is 25. The van der Waals surface area contributed by atoms with Crippen LogP contribution >= 0.6 is 50.5 Å². The van der Waals surface area contributed by atoms with Crippen LogP contribution in [0.15, 0.2) is 72.2 Å². The second kappa shape index (κ2) is 44.6. The summed E-state index contributed by atoms with van der Waals surface area (Å²) in [6.45, 7) is 28.8. The number of ketones is 1. The normalized spacial score (nSPS) is 10.1. The third kappa shape index (κ3) is 28.4. The van der Waals surface area contributed by atoms with Crippen molar-refractivity contribution in [3.8, 4) is 0 Å². The highest BCUT2D eigenvalue weighted by Crippen LogP contribution is 2.61. The zero-order chi connectivity index (χ0) is 75.1. The first-order valence-corrected chi connectivity index (χ1v) is 36.0. The van der Waals surface area contributed by atoms with Crippen LogP contribution in [-0.4, -0.2) is 158 Å². The van der Waals surface area contributed by atoms with E-state index in [1.54, 1.807) is 76.0 Å². The predicted octanol–water partition coefficient (Wildman–Crippen LogP) is 12.6. The Hall–Kier alpha value is -9.59. The number of aromatic nitrogens is 17. The van der Waals surface area contributed by atoms with Gasteiger partial charge in [-0.25, -0.2) is 61.7 Å². The number of aryl methyl sites for hydroxylation is 7. The molecule has 0 spiro atoms. The number of nitrogen functional groups attached to an aromatic ring is 1. The topological polar surface area (TPSA) is 409 Å². The Labute approximate surface area is 610 Å². The maximum atomic E-state index is 11.5. The molecule has 0 fully saturated rings. The zero-order valence-electron chi connectivity index (χ0n) is 58.7. The number of Topliss-reactive ketones (excluding diaryl/α,β-unsaturated/α-hetero) is 1. The third-order valence-corrected chi connectivity index (χ3v) is 12.7. The molecule has 0 bridgehead atoms. The number of carbonyl (C=O) groups excluding carboxylic acids is 5. The number of anilines is 3. The van der Waals surface area contributed by atoms with Gasteiger partial charge in [-0.1, -0.05) is 61.1 Å². The Morgan fingerprint density at radius 1 is 0.539 bits per heavy atom. The van der Waals surface area contributed by atoms with E-state index >= 15 is 0 Å². The lowest BCUT2D eigenvalue weighted by Crippen LogP contribution is -2.10. The van der Waals surface area contributed by atoms with Crippen LogP contribution in [0.5, 0.6) is 0 Å². The average Bonchev–Trinajstić information content (AvgIpc) is 1.68. The standard InChI is InChI=1S/C10H10ClN3O2.C10H14N4.C10H11N3O3.C9H12N4O.C9H12N4.C9H12N2O4.C4H8O.C2H6.2CH4.Cl3OP/c1-3-16-10(15)7-4-8-9(11)12-6(2)5-14(8)13-7;1-4-8-5-9-10(11-3)12-7(2)6-14(9)13-8;1-3-16-10(15)7-4-8-9(14)11-6(2)5-13(8)12-7;1-6-4-13-8(9(10-2)11-6)3-7(5-14)12-13;1-3-7-4-8-9(10)11-6(2)5-13(8)12-7;1-3-14-8(12)6-5-7(11-10-6)9(13)15-4-2;1-3-4(2)5;1-2;;;1-5(2,3)4/h4-5H,3H2,1-2H3;5-6H,4H2,1-3H3,(H,11,12);4-5H,3H2,1-2H3,(H,11,14);3-4,14H,5H2,1-2H3,(H,10,11);4-5H,3H2,1-2H3,(H2,10,11);5H,3-4H2,1-2H3,(H,10,11);3H2,1-2H3;1-2H3;2*1H4;. The van der Waals surface area contributed by atoms with Crippen molar-refractivity contribution in [3.63, 3.8) is 0 Å². The number of ether oxygens (including phenoxy) is 4. The Bertz CT molecular complexity index is 4490. The summed E-state index contributed by atoms with van der Waals surface area (Å²) in [6.07, 6.45) is 11.5. The molecule has 11 rings (SSSR count). The molecule has 0 aromatic carbocycles. The Morgan fingerprint density at radius 2 is 0.902 bits per heavy atom. The Morgan fingerprint density at radius 3 is 1.32 bits per heavy atom. The Balaban J connectivity index is 0.000000591. The second-order valence-corrected chi connectivity index (χ2v) is 27.1. The second-order valence-electron chi connectivity index (χ2n) is 20.2. The van der Waals surface area contributed by atoms with Gasteiger partial charge in [-0.2, -0.15) is 30.6 Å². The highest BCUT2D eigenvalue weighted by Gasteiger charge is 2.18. The van der Waals surface area contributed by atoms with Crippen LogP contribution in [0.25, 0.3) is 27.6 Å². The van der Waals surface area contributed by atoms with Gasteiger partial charge in [0.05, 0.1) is 97.7 Å². The number of halogens is 4. The van der Waals surface area contributed by atoms with Crippen molar-refractivity contribution in [3.05, 3.63) is 151 Å². The molecule has 0 atom stereocenters. The van der Waals surface area contributed by atoms with Gasteiger partial charge in [0.2, 0.25) is 0 Å². The molecule has 7 N–H and O–H groups in total. The largest absolute Gasteiger partial charge is 0.461 e. The first-order chi connectivity index (χ1) is 47.4. The summed E-state index contributed by atoms with van der Waals surface area (Å²) in [6, 6.07) is 10.1. The van der Waals surface area contributed by atoms with E-state index in [0.717, 1.165) is 75.2 Å². The summed E-state index contributed by atoms with van der Waals surface area (Å²) in [5.41, 5.74) is 16.7. The molecule has 558 valence electrons. The van der Waals surface area contributed by atoms with Crippen molar-refractivity contribution < 1.29 is 52.6 Å². The molecule has 0 saturated carbocycles. The van der Waals surface area contributed by atoms with Gasteiger partial charge in [-0.3, -0.25) is 14.5 Å². The first-order valence-electron chi connectivity index (χ1n) is 31.2. The predicted molar refractivity (Wildman–Crippen MR) is 398 cm³/mol. The molecule has 11 aromatic heterocycles. The quantitative estimate of drug-likeness (QED) is 0.0334. The van der Waals surface area contributed by atoms with Crippen molar-refractivity contribution in [1.29, 1.82) is 0 Å². The smallest absolute Gasteiger partial charge is 0.358 e. The van der Waals surface area contributed by atoms with Crippen LogP contribution in [0.2, 0.25) is 5.15 Å². The van der Waals surface area contributed by atoms with Crippen LogP contribution in [0, 0.1) is 34.6 Å². The monoisotopic (exact) mass is 1520 g/mol. The average molecular weight is 1520 g/mol. The number of aliphatic hydroxyl groups is 1. The number of fused-ring (bicyclic) bond motifs is 5. The van der Waals surface area contributed by atoms with E-state index in [9.17, 15) is 33.3 Å². The van der Waals surface area contributed by atoms with Crippen molar-refractivity contribution in [2.24, 2.45) is 0 Å². The number of H-pyrrole nitrogens is 2. The van der Waals surface area contributed by atoms with Gasteiger partial charge in [0, 0.05) is 50.6 Å². The van der Waals surface area contributed by atoms with Gasteiger partial charge in [0.25, 0.3) is 5.56 Å². The molecule has 0 radical (unpaired) electrons. The SMILES string of the molecule is C.C.CC.CCC(C)=O.CCOC(=O)c1cc(C(=O)OCC)[nH]n1.CCOC(=O)c1cc2c(=O)[nH]c(C)cn2n1.CCOC(=O)c1cc2c(Cl)nc(C)cn2n1.CCc1cc2c(N)nc(C)cn2n1.CCc1cc2c(NC)nc(C)cn2n1.CNc1nc(C)cn2nc(CO)cc12.O=P(Cl)(Cl)Cl. The highest BCUT2D eigenvalue weighted by atomic mass is 36.0. The molecule has 0 aliphatic carbocycles. The van der Waals surface area contributed by atoms with Crippen LogP contribution in [-0.2, 0) is 47.8 Å². The molecule has 102 heavy (non-hydrogen) atoms. The first kappa shape index (κ1) is 90.4. The molecule has 0 saturated heterocycles. The van der Waals surface area contributed by atoms with Gasteiger partial charge >= 0.3 is 29.1 Å². The Kier molecular flexibility index (Phi) is 39.6. The van der Waals surface area contributed by atoms with Crippen molar-refractivity contribution >= 4 is 125 Å². The molecule has 0 amide bonds. The maximum absolute atomic E-state index is 11.5. The van der Waals surface area contributed by atoms with E-state index in [-0.39, 0.29) is 75.4 Å². The number of aliphatic hydroxyl groups excluding tert-OH is 1. The fourth-order valence-corrected chi connectivity index (χ4v) is 8.31. The van der Waals surface area contributed by atoms with Crippen LogP contribution in [0.1, 0.15) is 178 Å². The summed E-state index contributed by atoms with van der Waals surface area (Å²) >= 11 is 19.8. The molecule has 11 aromatic rings. The van der Waals surface area contributed by atoms with Crippen LogP contribution < -0.4 is 21.9 Å². The number of nitrogens with two attached hydrogens (primary N) is 1. The lowest BCUT2D eigenvalue weighted by Gasteiger charge is -2.02. The van der Waals surface area contributed by atoms with E-state index in [4.69, 9.17) is 41.4 Å². The molecule has 11 heterocycles. The summed E-state index contributed by atoms with van der Waals surface area (Å²) < 4.78 is 36.9. The number of hydrogen-bond donors (Lipinski definition) is 6.